The van der Waals surface area contributed by atoms with Crippen LogP contribution in [0.15, 0.2) is 12.4 Å². The molecule has 3 rings (SSSR count). The Labute approximate surface area is 108 Å². The van der Waals surface area contributed by atoms with Crippen LogP contribution >= 0.6 is 0 Å². The fraction of sp³-hybridized carbons (Fsp3) is 0.750. The van der Waals surface area contributed by atoms with Gasteiger partial charge in [0.05, 0.1) is 24.4 Å². The third-order valence-electron chi connectivity index (χ3n) is 3.97. The van der Waals surface area contributed by atoms with Crippen molar-refractivity contribution >= 4 is 12.6 Å². The summed E-state index contributed by atoms with van der Waals surface area (Å²) >= 11 is 0. The first kappa shape index (κ1) is 12.2. The Kier molecular flexibility index (Phi) is 2.59. The van der Waals surface area contributed by atoms with Crippen molar-refractivity contribution in [3.05, 3.63) is 12.4 Å². The number of rotatable bonds is 3. The molecule has 1 aromatic heterocycles. The van der Waals surface area contributed by atoms with Crippen LogP contribution in [-0.2, 0) is 20.6 Å². The standard InChI is InChI=1S/C12H19BN2O3/c1-11(2)12(3,4)18-13(17-11)9-5-14-15(6-9)7-10-8-16-10/h5-6,10H,7-8H2,1-4H3/t10-/m0/s1. The second kappa shape index (κ2) is 3.82. The lowest BCUT2D eigenvalue weighted by atomic mass is 9.82. The molecule has 0 radical (unpaired) electrons. The summed E-state index contributed by atoms with van der Waals surface area (Å²) in [7, 11) is -0.330. The van der Waals surface area contributed by atoms with Gasteiger partial charge >= 0.3 is 7.12 Å². The number of hydrogen-bond acceptors (Lipinski definition) is 4. The molecule has 2 fully saturated rings. The Morgan fingerprint density at radius 3 is 2.50 bits per heavy atom. The zero-order chi connectivity index (χ0) is 13.0. The molecular weight excluding hydrogens is 231 g/mol. The molecule has 2 aliphatic heterocycles. The maximum Gasteiger partial charge on any atom is 0.498 e. The fourth-order valence-corrected chi connectivity index (χ4v) is 1.96. The maximum absolute atomic E-state index is 5.98. The van der Waals surface area contributed by atoms with E-state index in [-0.39, 0.29) is 18.3 Å². The minimum atomic E-state index is -0.330. The second-order valence-electron chi connectivity index (χ2n) is 6.04. The van der Waals surface area contributed by atoms with Crippen molar-refractivity contribution in [3.63, 3.8) is 0 Å². The molecule has 0 amide bonds. The van der Waals surface area contributed by atoms with E-state index in [4.69, 9.17) is 14.0 Å². The van der Waals surface area contributed by atoms with Gasteiger partial charge in [-0.2, -0.15) is 5.10 Å². The molecule has 5 nitrogen and oxygen atoms in total. The topological polar surface area (TPSA) is 48.8 Å². The number of ether oxygens (including phenoxy) is 1. The second-order valence-corrected chi connectivity index (χ2v) is 6.04. The van der Waals surface area contributed by atoms with Crippen LogP contribution < -0.4 is 5.46 Å². The number of aromatic nitrogens is 2. The lowest BCUT2D eigenvalue weighted by molar-refractivity contribution is 0.00578. The first-order valence-corrected chi connectivity index (χ1v) is 6.37. The Morgan fingerprint density at radius 1 is 1.33 bits per heavy atom. The largest absolute Gasteiger partial charge is 0.498 e. The molecule has 0 N–H and O–H groups in total. The van der Waals surface area contributed by atoms with Crippen LogP contribution in [0.25, 0.3) is 0 Å². The monoisotopic (exact) mass is 250 g/mol. The summed E-state index contributed by atoms with van der Waals surface area (Å²) in [5.74, 6) is 0. The molecular formula is C12H19BN2O3. The van der Waals surface area contributed by atoms with E-state index >= 15 is 0 Å². The number of epoxide rings is 1. The van der Waals surface area contributed by atoms with Crippen LogP contribution in [-0.4, -0.2) is 40.8 Å². The third kappa shape index (κ3) is 2.09. The van der Waals surface area contributed by atoms with Gasteiger partial charge in [0.15, 0.2) is 0 Å². The van der Waals surface area contributed by atoms with E-state index in [2.05, 4.69) is 32.8 Å². The van der Waals surface area contributed by atoms with Gasteiger partial charge in [-0.3, -0.25) is 4.68 Å². The van der Waals surface area contributed by atoms with E-state index in [9.17, 15) is 0 Å². The lowest BCUT2D eigenvalue weighted by Crippen LogP contribution is -2.41. The maximum atomic E-state index is 5.98. The predicted molar refractivity (Wildman–Crippen MR) is 67.7 cm³/mol. The SMILES string of the molecule is CC1(C)OB(c2cnn(C[C@H]3CO3)c2)OC1(C)C. The molecule has 0 spiro atoms. The molecule has 6 heteroatoms. The van der Waals surface area contributed by atoms with E-state index < -0.39 is 0 Å². The summed E-state index contributed by atoms with van der Waals surface area (Å²) in [5, 5.41) is 4.31. The predicted octanol–water partition coefficient (Wildman–Crippen LogP) is 0.581. The molecule has 2 saturated heterocycles. The zero-order valence-corrected chi connectivity index (χ0v) is 11.3. The highest BCUT2D eigenvalue weighted by Crippen LogP contribution is 2.36. The average molecular weight is 250 g/mol. The normalized spacial score (nSPS) is 28.7. The summed E-state index contributed by atoms with van der Waals surface area (Å²) in [6, 6.07) is 0. The van der Waals surface area contributed by atoms with E-state index in [0.29, 0.717) is 6.10 Å². The number of hydrogen-bond donors (Lipinski definition) is 0. The molecule has 0 bridgehead atoms. The van der Waals surface area contributed by atoms with Gasteiger partial charge < -0.3 is 14.0 Å². The molecule has 0 aromatic carbocycles. The van der Waals surface area contributed by atoms with Crippen molar-refractivity contribution < 1.29 is 14.0 Å². The summed E-state index contributed by atoms with van der Waals surface area (Å²) in [4.78, 5) is 0. The third-order valence-corrected chi connectivity index (χ3v) is 3.97. The molecule has 1 atom stereocenters. The van der Waals surface area contributed by atoms with Crippen LogP contribution in [0.5, 0.6) is 0 Å². The minimum Gasteiger partial charge on any atom is -0.399 e. The van der Waals surface area contributed by atoms with Gasteiger partial charge in [-0.25, -0.2) is 0 Å². The highest BCUT2D eigenvalue weighted by atomic mass is 16.7. The number of nitrogens with zero attached hydrogens (tertiary/aromatic N) is 2. The first-order chi connectivity index (χ1) is 8.37. The van der Waals surface area contributed by atoms with Gasteiger partial charge in [-0.1, -0.05) is 0 Å². The first-order valence-electron chi connectivity index (χ1n) is 6.37. The quantitative estimate of drug-likeness (QED) is 0.581. The summed E-state index contributed by atoms with van der Waals surface area (Å²) < 4.78 is 19.0. The lowest BCUT2D eigenvalue weighted by Gasteiger charge is -2.32. The highest BCUT2D eigenvalue weighted by Gasteiger charge is 2.52. The van der Waals surface area contributed by atoms with Crippen LogP contribution in [0.3, 0.4) is 0 Å². The molecule has 0 saturated carbocycles. The van der Waals surface area contributed by atoms with Crippen LogP contribution in [0.2, 0.25) is 0 Å². The Morgan fingerprint density at radius 2 is 1.94 bits per heavy atom. The molecule has 0 aliphatic carbocycles. The molecule has 18 heavy (non-hydrogen) atoms. The van der Waals surface area contributed by atoms with Crippen LogP contribution in [0.4, 0.5) is 0 Å². The van der Waals surface area contributed by atoms with Crippen molar-refractivity contribution in [3.8, 4) is 0 Å². The zero-order valence-electron chi connectivity index (χ0n) is 11.3. The van der Waals surface area contributed by atoms with E-state index in [1.807, 2.05) is 17.1 Å². The van der Waals surface area contributed by atoms with E-state index in [1.54, 1.807) is 0 Å². The Bertz CT molecular complexity index is 438. The van der Waals surface area contributed by atoms with Crippen molar-refractivity contribution in [2.24, 2.45) is 0 Å². The minimum absolute atomic E-state index is 0.306. The van der Waals surface area contributed by atoms with Crippen LogP contribution in [0, 0.1) is 0 Å². The Balaban J connectivity index is 1.73. The fourth-order valence-electron chi connectivity index (χ4n) is 1.96. The Hall–Kier alpha value is -0.845. The molecule has 3 heterocycles. The summed E-state index contributed by atoms with van der Waals surface area (Å²) in [6.45, 7) is 9.85. The molecule has 98 valence electrons. The average Bonchev–Trinajstić information content (AvgIpc) is 2.86. The van der Waals surface area contributed by atoms with Gasteiger partial charge in [-0.05, 0) is 27.7 Å². The van der Waals surface area contributed by atoms with Crippen molar-refractivity contribution in [2.45, 2.75) is 51.5 Å². The van der Waals surface area contributed by atoms with Gasteiger partial charge in [0.1, 0.15) is 6.10 Å². The van der Waals surface area contributed by atoms with E-state index in [0.717, 1.165) is 18.6 Å². The van der Waals surface area contributed by atoms with Crippen LogP contribution in [0.1, 0.15) is 27.7 Å². The molecule has 0 unspecified atom stereocenters. The molecule has 2 aliphatic rings. The summed E-state index contributed by atoms with van der Waals surface area (Å²) in [5.41, 5.74) is 0.355. The van der Waals surface area contributed by atoms with Crippen molar-refractivity contribution in [2.75, 3.05) is 6.61 Å². The summed E-state index contributed by atoms with van der Waals surface area (Å²) in [6.07, 6.45) is 4.12. The van der Waals surface area contributed by atoms with Gasteiger partial charge in [0, 0.05) is 17.9 Å². The van der Waals surface area contributed by atoms with Gasteiger partial charge in [0.25, 0.3) is 0 Å². The van der Waals surface area contributed by atoms with Gasteiger partial charge in [-0.15, -0.1) is 0 Å². The van der Waals surface area contributed by atoms with Gasteiger partial charge in [0.2, 0.25) is 0 Å². The highest BCUT2D eigenvalue weighted by molar-refractivity contribution is 6.61. The van der Waals surface area contributed by atoms with Crippen molar-refractivity contribution in [1.29, 1.82) is 0 Å². The van der Waals surface area contributed by atoms with E-state index in [1.165, 1.54) is 0 Å². The van der Waals surface area contributed by atoms with Crippen molar-refractivity contribution in [1.82, 2.24) is 9.78 Å². The molecule has 1 aromatic rings. The smallest absolute Gasteiger partial charge is 0.399 e.